The molecular weight excluding hydrogens is 357 g/mol. The van der Waals surface area contributed by atoms with Crippen molar-refractivity contribution in [1.82, 2.24) is 15.2 Å². The third kappa shape index (κ3) is 3.97. The van der Waals surface area contributed by atoms with Crippen LogP contribution in [0.25, 0.3) is 0 Å². The van der Waals surface area contributed by atoms with E-state index in [2.05, 4.69) is 40.6 Å². The van der Waals surface area contributed by atoms with Gasteiger partial charge in [-0.25, -0.2) is 0 Å². The molecule has 2 aromatic rings. The minimum absolute atomic E-state index is 0. The number of halogens is 2. The SMILES string of the molecule is Cl.Cl.O=C([C@@H]1CNC[C@H]1c1ccccc1)N1CC(c2cccnc2)C1. The number of rotatable bonds is 3. The van der Waals surface area contributed by atoms with Crippen LogP contribution in [-0.4, -0.2) is 42.0 Å². The van der Waals surface area contributed by atoms with E-state index in [1.54, 1.807) is 6.20 Å². The molecule has 25 heavy (non-hydrogen) atoms. The molecule has 0 unspecified atom stereocenters. The number of amides is 1. The molecule has 0 aliphatic carbocycles. The van der Waals surface area contributed by atoms with Crippen molar-refractivity contribution in [1.29, 1.82) is 0 Å². The molecular formula is C19H23Cl2N3O. The Morgan fingerprint density at radius 3 is 2.40 bits per heavy atom. The fraction of sp³-hybridized carbons (Fsp3) is 0.368. The Balaban J connectivity index is 0.00000113. The first kappa shape index (κ1) is 19.7. The Morgan fingerprint density at radius 1 is 1.00 bits per heavy atom. The third-order valence-electron chi connectivity index (χ3n) is 5.11. The Kier molecular flexibility index (Phi) is 6.82. The molecule has 0 radical (unpaired) electrons. The minimum Gasteiger partial charge on any atom is -0.341 e. The molecule has 1 amide bonds. The molecule has 2 aliphatic rings. The van der Waals surface area contributed by atoms with E-state index < -0.39 is 0 Å². The van der Waals surface area contributed by atoms with Crippen LogP contribution in [0.2, 0.25) is 0 Å². The van der Waals surface area contributed by atoms with E-state index >= 15 is 0 Å². The van der Waals surface area contributed by atoms with Crippen LogP contribution in [-0.2, 0) is 4.79 Å². The van der Waals surface area contributed by atoms with Crippen molar-refractivity contribution in [2.45, 2.75) is 11.8 Å². The Morgan fingerprint density at radius 2 is 1.72 bits per heavy atom. The molecule has 1 aromatic carbocycles. The first-order valence-electron chi connectivity index (χ1n) is 8.27. The molecule has 2 fully saturated rings. The van der Waals surface area contributed by atoms with E-state index in [0.717, 1.165) is 26.2 Å². The summed E-state index contributed by atoms with van der Waals surface area (Å²) in [6.45, 7) is 3.32. The maximum atomic E-state index is 12.9. The van der Waals surface area contributed by atoms with Gasteiger partial charge in [0.15, 0.2) is 0 Å². The van der Waals surface area contributed by atoms with E-state index in [9.17, 15) is 4.79 Å². The second-order valence-electron chi connectivity index (χ2n) is 6.51. The molecule has 4 rings (SSSR count). The molecule has 2 atom stereocenters. The van der Waals surface area contributed by atoms with E-state index in [1.165, 1.54) is 11.1 Å². The van der Waals surface area contributed by atoms with Gasteiger partial charge in [0.2, 0.25) is 5.91 Å². The van der Waals surface area contributed by atoms with Crippen molar-refractivity contribution in [3.8, 4) is 0 Å². The number of pyridine rings is 1. The molecule has 0 bridgehead atoms. The summed E-state index contributed by atoms with van der Waals surface area (Å²) in [4.78, 5) is 19.0. The molecule has 0 saturated carbocycles. The molecule has 3 heterocycles. The summed E-state index contributed by atoms with van der Waals surface area (Å²) >= 11 is 0. The molecule has 6 heteroatoms. The van der Waals surface area contributed by atoms with Gasteiger partial charge >= 0.3 is 0 Å². The smallest absolute Gasteiger partial charge is 0.227 e. The minimum atomic E-state index is 0. The second-order valence-corrected chi connectivity index (χ2v) is 6.51. The maximum absolute atomic E-state index is 12.9. The summed E-state index contributed by atoms with van der Waals surface area (Å²) in [5.41, 5.74) is 2.50. The van der Waals surface area contributed by atoms with Crippen molar-refractivity contribution in [3.63, 3.8) is 0 Å². The highest BCUT2D eigenvalue weighted by Gasteiger charge is 2.40. The lowest BCUT2D eigenvalue weighted by Crippen LogP contribution is -2.51. The lowest BCUT2D eigenvalue weighted by atomic mass is 9.85. The zero-order valence-electron chi connectivity index (χ0n) is 13.9. The summed E-state index contributed by atoms with van der Waals surface area (Å²) in [5.74, 6) is 1.09. The highest BCUT2D eigenvalue weighted by atomic mass is 35.5. The second kappa shape index (κ2) is 8.65. The Labute approximate surface area is 160 Å². The van der Waals surface area contributed by atoms with Gasteiger partial charge in [-0.15, -0.1) is 24.8 Å². The highest BCUT2D eigenvalue weighted by molar-refractivity contribution is 5.85. The summed E-state index contributed by atoms with van der Waals surface area (Å²) in [5, 5.41) is 3.39. The van der Waals surface area contributed by atoms with Gasteiger partial charge in [0.1, 0.15) is 0 Å². The van der Waals surface area contributed by atoms with E-state index in [4.69, 9.17) is 0 Å². The van der Waals surface area contributed by atoms with Gasteiger partial charge in [-0.2, -0.15) is 0 Å². The van der Waals surface area contributed by atoms with Crippen molar-refractivity contribution < 1.29 is 4.79 Å². The Bertz CT molecular complexity index is 678. The number of benzene rings is 1. The van der Waals surface area contributed by atoms with Gasteiger partial charge in [0.05, 0.1) is 5.92 Å². The zero-order valence-corrected chi connectivity index (χ0v) is 15.5. The van der Waals surface area contributed by atoms with Crippen molar-refractivity contribution >= 4 is 30.7 Å². The highest BCUT2D eigenvalue weighted by Crippen LogP contribution is 2.33. The number of nitrogens with zero attached hydrogens (tertiary/aromatic N) is 2. The summed E-state index contributed by atoms with van der Waals surface area (Å²) in [6.07, 6.45) is 3.70. The van der Waals surface area contributed by atoms with Gasteiger partial charge in [0.25, 0.3) is 0 Å². The van der Waals surface area contributed by atoms with Crippen LogP contribution in [0, 0.1) is 5.92 Å². The first-order valence-corrected chi connectivity index (χ1v) is 8.27. The number of likely N-dealkylation sites (tertiary alicyclic amines) is 1. The van der Waals surface area contributed by atoms with E-state index in [-0.39, 0.29) is 30.7 Å². The van der Waals surface area contributed by atoms with Crippen LogP contribution in [0.5, 0.6) is 0 Å². The monoisotopic (exact) mass is 379 g/mol. The van der Waals surface area contributed by atoms with E-state index in [1.807, 2.05) is 23.2 Å². The van der Waals surface area contributed by atoms with Crippen molar-refractivity contribution in [2.24, 2.45) is 5.92 Å². The zero-order chi connectivity index (χ0) is 15.6. The van der Waals surface area contributed by atoms with Crippen LogP contribution < -0.4 is 5.32 Å². The van der Waals surface area contributed by atoms with E-state index in [0.29, 0.717) is 17.7 Å². The summed E-state index contributed by atoms with van der Waals surface area (Å²) in [6, 6.07) is 14.5. The molecule has 2 aliphatic heterocycles. The predicted octanol–water partition coefficient (Wildman–Crippen LogP) is 2.85. The first-order chi connectivity index (χ1) is 11.3. The van der Waals surface area contributed by atoms with Crippen molar-refractivity contribution in [2.75, 3.05) is 26.2 Å². The van der Waals surface area contributed by atoms with Crippen LogP contribution in [0.15, 0.2) is 54.9 Å². The molecule has 0 spiro atoms. The molecule has 134 valence electrons. The number of carbonyl (C=O) groups is 1. The average molecular weight is 380 g/mol. The number of hydrogen-bond acceptors (Lipinski definition) is 3. The van der Waals surface area contributed by atoms with Crippen LogP contribution in [0.3, 0.4) is 0 Å². The van der Waals surface area contributed by atoms with Crippen LogP contribution in [0.1, 0.15) is 23.0 Å². The average Bonchev–Trinajstić information content (AvgIpc) is 3.05. The number of carbonyl (C=O) groups excluding carboxylic acids is 1. The van der Waals surface area contributed by atoms with Gasteiger partial charge in [-0.3, -0.25) is 9.78 Å². The topological polar surface area (TPSA) is 45.2 Å². The summed E-state index contributed by atoms with van der Waals surface area (Å²) < 4.78 is 0. The van der Waals surface area contributed by atoms with Crippen molar-refractivity contribution in [3.05, 3.63) is 66.0 Å². The molecule has 1 N–H and O–H groups in total. The number of nitrogens with one attached hydrogen (secondary N) is 1. The van der Waals surface area contributed by atoms with Gasteiger partial charge < -0.3 is 10.2 Å². The molecule has 1 aromatic heterocycles. The fourth-order valence-electron chi connectivity index (χ4n) is 3.71. The quantitative estimate of drug-likeness (QED) is 0.891. The number of aromatic nitrogens is 1. The number of hydrogen-bond donors (Lipinski definition) is 1. The lowest BCUT2D eigenvalue weighted by Gasteiger charge is -2.41. The predicted molar refractivity (Wildman–Crippen MR) is 104 cm³/mol. The largest absolute Gasteiger partial charge is 0.341 e. The standard InChI is InChI=1S/C19H21N3O.2ClH/c23-19(22-12-16(13-22)15-7-4-8-20-9-15)18-11-21-10-17(18)14-5-2-1-3-6-14;;/h1-9,16-18,21H,10-13H2;2*1H/t17-,18+;;/m0../s1. The van der Waals surface area contributed by atoms with Gasteiger partial charge in [-0.1, -0.05) is 36.4 Å². The van der Waals surface area contributed by atoms with Gasteiger partial charge in [-0.05, 0) is 17.2 Å². The normalized spacial score (nSPS) is 22.5. The fourth-order valence-corrected chi connectivity index (χ4v) is 3.71. The molecule has 2 saturated heterocycles. The maximum Gasteiger partial charge on any atom is 0.227 e. The van der Waals surface area contributed by atoms with Crippen LogP contribution in [0.4, 0.5) is 0 Å². The Hall–Kier alpha value is -1.62. The summed E-state index contributed by atoms with van der Waals surface area (Å²) in [7, 11) is 0. The third-order valence-corrected chi connectivity index (χ3v) is 5.11. The lowest BCUT2D eigenvalue weighted by molar-refractivity contribution is -0.139. The van der Waals surface area contributed by atoms with Crippen LogP contribution >= 0.6 is 24.8 Å². The van der Waals surface area contributed by atoms with Gasteiger partial charge in [0, 0.05) is 50.4 Å². The molecule has 4 nitrogen and oxygen atoms in total.